The number of hydrogen-bond acceptors (Lipinski definition) is 3. The zero-order valence-corrected chi connectivity index (χ0v) is 14.5. The molecule has 0 aromatic heterocycles. The minimum atomic E-state index is -0.919. The van der Waals surface area contributed by atoms with Crippen molar-refractivity contribution in [2.45, 2.75) is 58.2 Å². The second kappa shape index (κ2) is 7.32. The van der Waals surface area contributed by atoms with E-state index in [4.69, 9.17) is 10.8 Å². The highest BCUT2D eigenvalue weighted by Crippen LogP contribution is 2.28. The summed E-state index contributed by atoms with van der Waals surface area (Å²) in [7, 11) is 0. The Morgan fingerprint density at radius 3 is 2.24 bits per heavy atom. The van der Waals surface area contributed by atoms with Crippen molar-refractivity contribution in [1.29, 1.82) is 0 Å². The van der Waals surface area contributed by atoms with Gasteiger partial charge in [-0.25, -0.2) is 0 Å². The molecule has 1 aromatic carbocycles. The monoisotopic (exact) mass is 309 g/mol. The maximum absolute atomic E-state index is 10.7. The Labute approximate surface area is 132 Å². The summed E-state index contributed by atoms with van der Waals surface area (Å²) in [6.45, 7) is 11.0. The summed E-state index contributed by atoms with van der Waals surface area (Å²) in [4.78, 5) is 10.7. The van der Waals surface area contributed by atoms with Crippen LogP contribution in [0.3, 0.4) is 0 Å². The molecule has 21 heavy (non-hydrogen) atoms. The van der Waals surface area contributed by atoms with Gasteiger partial charge < -0.3 is 10.8 Å². The van der Waals surface area contributed by atoms with Crippen molar-refractivity contribution >= 4 is 17.7 Å². The molecule has 1 aromatic rings. The molecule has 0 radical (unpaired) electrons. The number of thioether (sulfide) groups is 1. The van der Waals surface area contributed by atoms with Crippen molar-refractivity contribution in [2.24, 2.45) is 5.73 Å². The number of aryl methyl sites for hydroxylation is 2. The summed E-state index contributed by atoms with van der Waals surface area (Å²) in [5, 5.41) is 8.76. The fraction of sp³-hybridized carbons (Fsp3) is 0.588. The van der Waals surface area contributed by atoms with Gasteiger partial charge in [0.15, 0.2) is 0 Å². The average Bonchev–Trinajstić information content (AvgIpc) is 2.35. The second-order valence-electron chi connectivity index (χ2n) is 6.62. The summed E-state index contributed by atoms with van der Waals surface area (Å²) in [6.07, 6.45) is 0.512. The highest BCUT2D eigenvalue weighted by atomic mass is 32.2. The highest BCUT2D eigenvalue weighted by molar-refractivity contribution is 7.98. The fourth-order valence-corrected chi connectivity index (χ4v) is 3.39. The van der Waals surface area contributed by atoms with Crippen molar-refractivity contribution < 1.29 is 9.90 Å². The molecule has 0 saturated heterocycles. The molecule has 0 aliphatic rings. The Morgan fingerprint density at radius 1 is 1.29 bits per heavy atom. The van der Waals surface area contributed by atoms with Gasteiger partial charge in [0, 0.05) is 5.75 Å². The van der Waals surface area contributed by atoms with Crippen LogP contribution in [-0.4, -0.2) is 22.9 Å². The van der Waals surface area contributed by atoms with Crippen molar-refractivity contribution in [3.8, 4) is 0 Å². The number of rotatable bonds is 6. The Balaban J connectivity index is 2.67. The SMILES string of the molecule is Cc1cc(C(C)(C)C)cc(C)c1CSCCC(N)C(=O)O. The lowest BCUT2D eigenvalue weighted by Crippen LogP contribution is -2.30. The molecule has 0 heterocycles. The lowest BCUT2D eigenvalue weighted by molar-refractivity contribution is -0.138. The maximum Gasteiger partial charge on any atom is 0.320 e. The molecule has 3 nitrogen and oxygen atoms in total. The van der Waals surface area contributed by atoms with Crippen molar-refractivity contribution in [1.82, 2.24) is 0 Å². The third-order valence-corrected chi connectivity index (χ3v) is 4.72. The van der Waals surface area contributed by atoms with Gasteiger partial charge in [-0.3, -0.25) is 4.79 Å². The first kappa shape index (κ1) is 18.1. The molecule has 1 atom stereocenters. The first-order valence-corrected chi connectivity index (χ1v) is 8.45. The van der Waals surface area contributed by atoms with Gasteiger partial charge >= 0.3 is 5.97 Å². The van der Waals surface area contributed by atoms with Gasteiger partial charge in [0.1, 0.15) is 6.04 Å². The van der Waals surface area contributed by atoms with Crippen LogP contribution in [0.2, 0.25) is 0 Å². The van der Waals surface area contributed by atoms with E-state index in [1.54, 1.807) is 11.8 Å². The first-order chi connectivity index (χ1) is 9.62. The summed E-state index contributed by atoms with van der Waals surface area (Å²) in [5.41, 5.74) is 11.0. The molecule has 0 saturated carbocycles. The van der Waals surface area contributed by atoms with Gasteiger partial charge in [0.25, 0.3) is 0 Å². The van der Waals surface area contributed by atoms with E-state index >= 15 is 0 Å². The van der Waals surface area contributed by atoms with Gasteiger partial charge in [-0.2, -0.15) is 11.8 Å². The average molecular weight is 309 g/mol. The van der Waals surface area contributed by atoms with E-state index in [1.807, 2.05) is 0 Å². The van der Waals surface area contributed by atoms with Gasteiger partial charge in [-0.15, -0.1) is 0 Å². The predicted molar refractivity (Wildman–Crippen MR) is 91.0 cm³/mol. The minimum Gasteiger partial charge on any atom is -0.480 e. The second-order valence-corrected chi connectivity index (χ2v) is 7.73. The summed E-state index contributed by atoms with van der Waals surface area (Å²) in [6, 6.07) is 3.79. The fourth-order valence-electron chi connectivity index (χ4n) is 2.16. The quantitative estimate of drug-likeness (QED) is 0.788. The van der Waals surface area contributed by atoms with Crippen LogP contribution in [0.1, 0.15) is 49.4 Å². The molecule has 118 valence electrons. The Morgan fingerprint density at radius 2 is 1.81 bits per heavy atom. The van der Waals surface area contributed by atoms with E-state index in [2.05, 4.69) is 46.8 Å². The van der Waals surface area contributed by atoms with Crippen LogP contribution in [0.4, 0.5) is 0 Å². The number of aliphatic carboxylic acids is 1. The molecule has 0 bridgehead atoms. The summed E-state index contributed by atoms with van der Waals surface area (Å²) >= 11 is 1.75. The highest BCUT2D eigenvalue weighted by Gasteiger charge is 2.16. The molecular formula is C17H27NO2S. The molecule has 1 unspecified atom stereocenters. The first-order valence-electron chi connectivity index (χ1n) is 7.29. The standard InChI is InChI=1S/C17H27NO2S/c1-11-8-13(17(3,4)5)9-12(2)14(11)10-21-7-6-15(18)16(19)20/h8-9,15H,6-7,10,18H2,1-5H3,(H,19,20). The molecule has 1 rings (SSSR count). The molecule has 0 amide bonds. The molecular weight excluding hydrogens is 282 g/mol. The number of nitrogens with two attached hydrogens (primary N) is 1. The van der Waals surface area contributed by atoms with Crippen LogP contribution < -0.4 is 5.73 Å². The van der Waals surface area contributed by atoms with E-state index in [9.17, 15) is 4.79 Å². The van der Waals surface area contributed by atoms with Crippen LogP contribution in [0.15, 0.2) is 12.1 Å². The molecule has 0 spiro atoms. The van der Waals surface area contributed by atoms with Gasteiger partial charge in [0.2, 0.25) is 0 Å². The Kier molecular flexibility index (Phi) is 6.29. The van der Waals surface area contributed by atoms with E-state index < -0.39 is 12.0 Å². The molecule has 0 aliphatic carbocycles. The lowest BCUT2D eigenvalue weighted by atomic mass is 9.84. The zero-order chi connectivity index (χ0) is 16.2. The predicted octanol–water partition coefficient (Wildman–Crippen LogP) is 3.64. The Bertz CT molecular complexity index is 483. The Hall–Kier alpha value is -1.00. The zero-order valence-electron chi connectivity index (χ0n) is 13.7. The molecule has 3 N–H and O–H groups in total. The van der Waals surface area contributed by atoms with E-state index in [0.29, 0.717) is 6.42 Å². The lowest BCUT2D eigenvalue weighted by Gasteiger charge is -2.22. The minimum absolute atomic E-state index is 0.162. The number of carbonyl (C=O) groups is 1. The number of carboxylic acid groups (broad SMARTS) is 1. The van der Waals surface area contributed by atoms with Crippen LogP contribution >= 0.6 is 11.8 Å². The van der Waals surface area contributed by atoms with Crippen molar-refractivity contribution in [3.63, 3.8) is 0 Å². The normalized spacial score (nSPS) is 13.2. The summed E-state index contributed by atoms with van der Waals surface area (Å²) < 4.78 is 0. The topological polar surface area (TPSA) is 63.3 Å². The van der Waals surface area contributed by atoms with Gasteiger partial charge in [0.05, 0.1) is 0 Å². The van der Waals surface area contributed by atoms with Crippen LogP contribution in [0, 0.1) is 13.8 Å². The van der Waals surface area contributed by atoms with Gasteiger partial charge in [-0.05, 0) is 53.7 Å². The van der Waals surface area contributed by atoms with Crippen LogP contribution in [0.25, 0.3) is 0 Å². The van der Waals surface area contributed by atoms with Crippen LogP contribution in [0.5, 0.6) is 0 Å². The third-order valence-electron chi connectivity index (χ3n) is 3.70. The van der Waals surface area contributed by atoms with E-state index in [1.165, 1.54) is 22.3 Å². The number of benzene rings is 1. The van der Waals surface area contributed by atoms with Gasteiger partial charge in [-0.1, -0.05) is 32.9 Å². The van der Waals surface area contributed by atoms with E-state index in [-0.39, 0.29) is 5.41 Å². The van der Waals surface area contributed by atoms with Crippen molar-refractivity contribution in [2.75, 3.05) is 5.75 Å². The summed E-state index contributed by atoms with van der Waals surface area (Å²) in [5.74, 6) is 0.763. The maximum atomic E-state index is 10.7. The van der Waals surface area contributed by atoms with E-state index in [0.717, 1.165) is 11.5 Å². The smallest absolute Gasteiger partial charge is 0.320 e. The third kappa shape index (κ3) is 5.36. The largest absolute Gasteiger partial charge is 0.480 e. The number of carboxylic acids is 1. The number of hydrogen-bond donors (Lipinski definition) is 2. The molecule has 0 fully saturated rings. The van der Waals surface area contributed by atoms with Crippen molar-refractivity contribution in [3.05, 3.63) is 34.4 Å². The molecule has 4 heteroatoms. The molecule has 0 aliphatic heterocycles. The van der Waals surface area contributed by atoms with Crippen LogP contribution in [-0.2, 0) is 16.0 Å².